The van der Waals surface area contributed by atoms with Crippen LogP contribution in [0.2, 0.25) is 0 Å². The van der Waals surface area contributed by atoms with Crippen molar-refractivity contribution in [2.45, 2.75) is 37.5 Å². The molecule has 1 aliphatic rings. The van der Waals surface area contributed by atoms with Crippen LogP contribution in [0.25, 0.3) is 0 Å². The van der Waals surface area contributed by atoms with Gasteiger partial charge < -0.3 is 16.2 Å². The lowest BCUT2D eigenvalue weighted by molar-refractivity contribution is -0.00835. The highest BCUT2D eigenvalue weighted by Crippen LogP contribution is 2.15. The SMILES string of the molecule is N#CCC(N)C1CCC(N)CO1. The van der Waals surface area contributed by atoms with Gasteiger partial charge >= 0.3 is 0 Å². The van der Waals surface area contributed by atoms with Crippen LogP contribution in [-0.2, 0) is 4.74 Å². The lowest BCUT2D eigenvalue weighted by Crippen LogP contribution is -2.44. The lowest BCUT2D eigenvalue weighted by Gasteiger charge is -2.29. The molecule has 1 heterocycles. The van der Waals surface area contributed by atoms with Gasteiger partial charge in [-0.1, -0.05) is 0 Å². The first-order valence-electron chi connectivity index (χ1n) is 4.23. The summed E-state index contributed by atoms with van der Waals surface area (Å²) in [5, 5.41) is 8.41. The molecule has 0 spiro atoms. The van der Waals surface area contributed by atoms with E-state index in [0.717, 1.165) is 12.8 Å². The van der Waals surface area contributed by atoms with E-state index in [4.69, 9.17) is 21.5 Å². The predicted molar refractivity (Wildman–Crippen MR) is 45.2 cm³/mol. The Morgan fingerprint density at radius 2 is 2.33 bits per heavy atom. The van der Waals surface area contributed by atoms with Crippen LogP contribution in [0.5, 0.6) is 0 Å². The summed E-state index contributed by atoms with van der Waals surface area (Å²) in [6, 6.07) is 2.04. The summed E-state index contributed by atoms with van der Waals surface area (Å²) in [6.45, 7) is 0.573. The molecule has 1 aliphatic heterocycles. The fourth-order valence-corrected chi connectivity index (χ4v) is 1.37. The van der Waals surface area contributed by atoms with E-state index in [-0.39, 0.29) is 18.2 Å². The van der Waals surface area contributed by atoms with Crippen molar-refractivity contribution < 1.29 is 4.74 Å². The molecule has 1 rings (SSSR count). The average Bonchev–Trinajstić information content (AvgIpc) is 2.06. The smallest absolute Gasteiger partial charge is 0.0737 e. The number of nitriles is 1. The quantitative estimate of drug-likeness (QED) is 0.596. The standard InChI is InChI=1S/C8H15N3O/c9-4-3-7(11)8-2-1-6(10)5-12-8/h6-8H,1-3,5,10-11H2. The maximum absolute atomic E-state index is 8.41. The molecule has 0 aliphatic carbocycles. The van der Waals surface area contributed by atoms with Crippen molar-refractivity contribution in [1.29, 1.82) is 5.26 Å². The van der Waals surface area contributed by atoms with Gasteiger partial charge in [0.25, 0.3) is 0 Å². The van der Waals surface area contributed by atoms with Crippen LogP contribution in [0.4, 0.5) is 0 Å². The number of nitrogens with two attached hydrogens (primary N) is 2. The Balaban J connectivity index is 2.30. The Labute approximate surface area is 72.5 Å². The molecule has 12 heavy (non-hydrogen) atoms. The summed E-state index contributed by atoms with van der Waals surface area (Å²) in [6.07, 6.45) is 2.22. The Kier molecular flexibility index (Phi) is 3.48. The molecule has 0 radical (unpaired) electrons. The van der Waals surface area contributed by atoms with Gasteiger partial charge in [-0.2, -0.15) is 5.26 Å². The Morgan fingerprint density at radius 1 is 1.58 bits per heavy atom. The number of hydrogen-bond acceptors (Lipinski definition) is 4. The van der Waals surface area contributed by atoms with Gasteiger partial charge in [-0.15, -0.1) is 0 Å². The number of nitrogens with zero attached hydrogens (tertiary/aromatic N) is 1. The molecular weight excluding hydrogens is 154 g/mol. The second-order valence-corrected chi connectivity index (χ2v) is 3.24. The third kappa shape index (κ3) is 2.45. The van der Waals surface area contributed by atoms with Crippen molar-refractivity contribution in [1.82, 2.24) is 0 Å². The molecule has 0 aromatic rings. The molecule has 68 valence electrons. The molecule has 0 bridgehead atoms. The highest BCUT2D eigenvalue weighted by atomic mass is 16.5. The van der Waals surface area contributed by atoms with Crippen LogP contribution in [-0.4, -0.2) is 24.8 Å². The van der Waals surface area contributed by atoms with E-state index in [1.54, 1.807) is 0 Å². The molecule has 0 amide bonds. The highest BCUT2D eigenvalue weighted by molar-refractivity contribution is 4.86. The van der Waals surface area contributed by atoms with Crippen molar-refractivity contribution in [3.8, 4) is 6.07 Å². The second-order valence-electron chi connectivity index (χ2n) is 3.24. The molecular formula is C8H15N3O. The zero-order valence-electron chi connectivity index (χ0n) is 7.07. The maximum Gasteiger partial charge on any atom is 0.0737 e. The first-order chi connectivity index (χ1) is 5.74. The number of hydrogen-bond donors (Lipinski definition) is 2. The van der Waals surface area contributed by atoms with Crippen molar-refractivity contribution in [3.05, 3.63) is 0 Å². The minimum absolute atomic E-state index is 0.0319. The minimum atomic E-state index is -0.150. The Morgan fingerprint density at radius 3 is 2.83 bits per heavy atom. The van der Waals surface area contributed by atoms with E-state index in [1.165, 1.54) is 0 Å². The molecule has 3 atom stereocenters. The van der Waals surface area contributed by atoms with Gasteiger partial charge in [-0.25, -0.2) is 0 Å². The fraction of sp³-hybridized carbons (Fsp3) is 0.875. The summed E-state index contributed by atoms with van der Waals surface area (Å²) in [7, 11) is 0. The molecule has 4 N–H and O–H groups in total. The summed E-state index contributed by atoms with van der Waals surface area (Å²) >= 11 is 0. The Bertz CT molecular complexity index is 170. The number of ether oxygens (including phenoxy) is 1. The van der Waals surface area contributed by atoms with Crippen molar-refractivity contribution in [3.63, 3.8) is 0 Å². The van der Waals surface area contributed by atoms with E-state index < -0.39 is 0 Å². The normalized spacial score (nSPS) is 32.4. The van der Waals surface area contributed by atoms with Crippen molar-refractivity contribution in [2.75, 3.05) is 6.61 Å². The Hall–Kier alpha value is -0.630. The summed E-state index contributed by atoms with van der Waals surface area (Å²) < 4.78 is 5.40. The second kappa shape index (κ2) is 4.41. The van der Waals surface area contributed by atoms with Crippen LogP contribution in [0.15, 0.2) is 0 Å². The molecule has 0 aromatic heterocycles. The van der Waals surface area contributed by atoms with Gasteiger partial charge in [-0.3, -0.25) is 0 Å². The monoisotopic (exact) mass is 169 g/mol. The zero-order chi connectivity index (χ0) is 8.97. The maximum atomic E-state index is 8.41. The summed E-state index contributed by atoms with van der Waals surface area (Å²) in [5.41, 5.74) is 11.4. The molecule has 4 nitrogen and oxygen atoms in total. The van der Waals surface area contributed by atoms with Gasteiger partial charge in [0, 0.05) is 12.1 Å². The molecule has 0 saturated carbocycles. The highest BCUT2D eigenvalue weighted by Gasteiger charge is 2.24. The minimum Gasteiger partial charge on any atom is -0.375 e. The van der Waals surface area contributed by atoms with Crippen molar-refractivity contribution >= 4 is 0 Å². The number of rotatable bonds is 2. The van der Waals surface area contributed by atoms with E-state index >= 15 is 0 Å². The van der Waals surface area contributed by atoms with Gasteiger partial charge in [0.1, 0.15) is 0 Å². The third-order valence-corrected chi connectivity index (χ3v) is 2.15. The van der Waals surface area contributed by atoms with Gasteiger partial charge in [0.2, 0.25) is 0 Å². The van der Waals surface area contributed by atoms with Crippen LogP contribution < -0.4 is 11.5 Å². The average molecular weight is 169 g/mol. The largest absolute Gasteiger partial charge is 0.375 e. The third-order valence-electron chi connectivity index (χ3n) is 2.15. The van der Waals surface area contributed by atoms with Crippen LogP contribution in [0, 0.1) is 11.3 Å². The first kappa shape index (κ1) is 9.46. The van der Waals surface area contributed by atoms with Gasteiger partial charge in [0.05, 0.1) is 25.2 Å². The molecule has 0 aromatic carbocycles. The summed E-state index contributed by atoms with van der Waals surface area (Å²) in [5.74, 6) is 0. The van der Waals surface area contributed by atoms with E-state index in [1.807, 2.05) is 6.07 Å². The first-order valence-corrected chi connectivity index (χ1v) is 4.23. The molecule has 4 heteroatoms. The predicted octanol–water partition coefficient (Wildman–Crippen LogP) is -0.266. The topological polar surface area (TPSA) is 85.1 Å². The van der Waals surface area contributed by atoms with Crippen LogP contribution in [0.1, 0.15) is 19.3 Å². The van der Waals surface area contributed by atoms with Crippen LogP contribution in [0.3, 0.4) is 0 Å². The van der Waals surface area contributed by atoms with Crippen molar-refractivity contribution in [2.24, 2.45) is 11.5 Å². The van der Waals surface area contributed by atoms with Gasteiger partial charge in [0.15, 0.2) is 0 Å². The van der Waals surface area contributed by atoms with Gasteiger partial charge in [-0.05, 0) is 12.8 Å². The van der Waals surface area contributed by atoms with E-state index in [2.05, 4.69) is 0 Å². The van der Waals surface area contributed by atoms with Crippen LogP contribution >= 0.6 is 0 Å². The van der Waals surface area contributed by atoms with E-state index in [0.29, 0.717) is 13.0 Å². The lowest BCUT2D eigenvalue weighted by atomic mass is 9.99. The molecule has 1 saturated heterocycles. The summed E-state index contributed by atoms with van der Waals surface area (Å²) in [4.78, 5) is 0. The zero-order valence-corrected chi connectivity index (χ0v) is 7.07. The molecule has 1 fully saturated rings. The molecule has 3 unspecified atom stereocenters. The fourth-order valence-electron chi connectivity index (χ4n) is 1.37. The van der Waals surface area contributed by atoms with E-state index in [9.17, 15) is 0 Å².